The van der Waals surface area contributed by atoms with Crippen molar-refractivity contribution in [2.75, 3.05) is 0 Å². The molecule has 1 N–H and O–H groups in total. The first-order valence-electron chi connectivity index (χ1n) is 4.79. The van der Waals surface area contributed by atoms with Gasteiger partial charge in [0.2, 0.25) is 0 Å². The zero-order chi connectivity index (χ0) is 11.3. The van der Waals surface area contributed by atoms with E-state index in [0.29, 0.717) is 0 Å². The first-order chi connectivity index (χ1) is 7.57. The van der Waals surface area contributed by atoms with Crippen molar-refractivity contribution in [3.8, 4) is 0 Å². The molecule has 4 heteroatoms. The van der Waals surface area contributed by atoms with Gasteiger partial charge in [0.05, 0.1) is 4.90 Å². The molecule has 3 nitrogen and oxygen atoms in total. The molecule has 0 saturated heterocycles. The summed E-state index contributed by atoms with van der Waals surface area (Å²) in [6.45, 7) is 0. The zero-order valence-corrected chi connectivity index (χ0v) is 9.03. The third kappa shape index (κ3) is 1.20. The summed E-state index contributed by atoms with van der Waals surface area (Å²) in [4.78, 5) is -0.0549. The van der Waals surface area contributed by atoms with Crippen LogP contribution in [0.1, 0.15) is 0 Å². The van der Waals surface area contributed by atoms with Crippen molar-refractivity contribution in [3.63, 3.8) is 0 Å². The van der Waals surface area contributed by atoms with Crippen molar-refractivity contribution in [2.24, 2.45) is 0 Å². The Labute approximate surface area is 91.7 Å². The molecule has 0 spiro atoms. The number of hydrogen-bond donors (Lipinski definition) is 1. The Hall–Kier alpha value is -1.65. The topological polar surface area (TPSA) is 54.4 Å². The summed E-state index contributed by atoms with van der Waals surface area (Å²) in [7, 11) is -4.11. The van der Waals surface area contributed by atoms with Crippen LogP contribution in [0.15, 0.2) is 47.4 Å². The number of benzene rings is 2. The number of fused-ring (bicyclic) bond motifs is 2. The molecule has 0 radical (unpaired) electrons. The summed E-state index contributed by atoms with van der Waals surface area (Å²) in [6, 6.07) is 12.4. The van der Waals surface area contributed by atoms with Gasteiger partial charge in [-0.25, -0.2) is 0 Å². The van der Waals surface area contributed by atoms with Crippen LogP contribution >= 0.6 is 0 Å². The van der Waals surface area contributed by atoms with Crippen LogP contribution in [0.25, 0.3) is 0 Å². The maximum Gasteiger partial charge on any atom is 0.294 e. The summed E-state index contributed by atoms with van der Waals surface area (Å²) < 4.78 is 30.9. The van der Waals surface area contributed by atoms with Crippen LogP contribution in [0.5, 0.6) is 0 Å². The number of rotatable bonds is 1. The molecule has 1 aliphatic rings. The van der Waals surface area contributed by atoms with Crippen molar-refractivity contribution >= 4 is 10.1 Å². The molecule has 3 rings (SSSR count). The molecule has 80 valence electrons. The van der Waals surface area contributed by atoms with Crippen LogP contribution in [0.3, 0.4) is 0 Å². The van der Waals surface area contributed by atoms with Gasteiger partial charge in [0.1, 0.15) is 0 Å². The van der Waals surface area contributed by atoms with Crippen LogP contribution in [-0.2, 0) is 10.1 Å². The fraction of sp³-hybridized carbons (Fsp3) is 0. The Bertz CT molecular complexity index is 867. The van der Waals surface area contributed by atoms with Gasteiger partial charge in [-0.2, -0.15) is 8.42 Å². The van der Waals surface area contributed by atoms with Crippen molar-refractivity contribution in [2.45, 2.75) is 4.90 Å². The van der Waals surface area contributed by atoms with Crippen molar-refractivity contribution in [1.82, 2.24) is 0 Å². The Kier molecular flexibility index (Phi) is 1.75. The van der Waals surface area contributed by atoms with E-state index in [0.717, 1.165) is 20.9 Å². The van der Waals surface area contributed by atoms with Gasteiger partial charge in [0.15, 0.2) is 0 Å². The zero-order valence-electron chi connectivity index (χ0n) is 8.21. The molecule has 0 saturated carbocycles. The van der Waals surface area contributed by atoms with E-state index in [-0.39, 0.29) is 4.90 Å². The lowest BCUT2D eigenvalue weighted by Crippen LogP contribution is -2.00. The largest absolute Gasteiger partial charge is 0.294 e. The van der Waals surface area contributed by atoms with Gasteiger partial charge in [-0.1, -0.05) is 30.3 Å². The Morgan fingerprint density at radius 3 is 2.00 bits per heavy atom. The van der Waals surface area contributed by atoms with Gasteiger partial charge < -0.3 is 0 Å². The highest BCUT2D eigenvalue weighted by Crippen LogP contribution is 2.16. The predicted octanol–water partition coefficient (Wildman–Crippen LogP) is 1.82. The summed E-state index contributed by atoms with van der Waals surface area (Å²) in [6.07, 6.45) is 0. The SMILES string of the molecule is O=S(=O)(O)c1ccc2c(c1)=c1ccccc1=2. The molecule has 0 atom stereocenters. The molecule has 0 bridgehead atoms. The molecule has 0 aromatic heterocycles. The third-order valence-corrected chi connectivity index (χ3v) is 3.65. The van der Waals surface area contributed by atoms with Crippen LogP contribution in [0.2, 0.25) is 0 Å². The van der Waals surface area contributed by atoms with Crippen molar-refractivity contribution in [3.05, 3.63) is 63.3 Å². The molecule has 0 unspecified atom stereocenters. The van der Waals surface area contributed by atoms with E-state index in [1.54, 1.807) is 6.07 Å². The second kappa shape index (κ2) is 2.93. The Morgan fingerprint density at radius 1 is 0.812 bits per heavy atom. The highest BCUT2D eigenvalue weighted by atomic mass is 32.2. The first kappa shape index (κ1) is 9.57. The average Bonchev–Trinajstić information content (AvgIpc) is 2.24. The fourth-order valence-electron chi connectivity index (χ4n) is 2.03. The lowest BCUT2D eigenvalue weighted by Gasteiger charge is -2.05. The Balaban J connectivity index is 2.47. The smallest absolute Gasteiger partial charge is 0.282 e. The molecule has 0 fully saturated rings. The van der Waals surface area contributed by atoms with Crippen molar-refractivity contribution in [1.29, 1.82) is 0 Å². The molecule has 0 heterocycles. The quantitative estimate of drug-likeness (QED) is 0.651. The van der Waals surface area contributed by atoms with E-state index in [2.05, 4.69) is 0 Å². The second-order valence-corrected chi connectivity index (χ2v) is 5.15. The highest BCUT2D eigenvalue weighted by molar-refractivity contribution is 7.85. The maximum atomic E-state index is 11.0. The number of hydrogen-bond acceptors (Lipinski definition) is 2. The minimum absolute atomic E-state index is 0.0549. The average molecular weight is 232 g/mol. The molecule has 16 heavy (non-hydrogen) atoms. The van der Waals surface area contributed by atoms with Crippen LogP contribution in [0, 0.1) is 20.9 Å². The molecule has 2 aromatic rings. The van der Waals surface area contributed by atoms with E-state index in [1.165, 1.54) is 12.1 Å². The summed E-state index contributed by atoms with van der Waals surface area (Å²) in [5.74, 6) is 0. The normalized spacial score (nSPS) is 12.6. The molecule has 1 aliphatic carbocycles. The van der Waals surface area contributed by atoms with E-state index in [4.69, 9.17) is 4.55 Å². The van der Waals surface area contributed by atoms with Gasteiger partial charge in [-0.15, -0.1) is 0 Å². The minimum atomic E-state index is -4.11. The van der Waals surface area contributed by atoms with Gasteiger partial charge in [0, 0.05) is 0 Å². The van der Waals surface area contributed by atoms with Gasteiger partial charge in [-0.3, -0.25) is 4.55 Å². The third-order valence-electron chi connectivity index (χ3n) is 2.80. The molecule has 2 aromatic carbocycles. The lowest BCUT2D eigenvalue weighted by molar-refractivity contribution is 0.483. The summed E-state index contributed by atoms with van der Waals surface area (Å²) in [5.41, 5.74) is 0. The van der Waals surface area contributed by atoms with Gasteiger partial charge in [0.25, 0.3) is 10.1 Å². The van der Waals surface area contributed by atoms with E-state index < -0.39 is 10.1 Å². The minimum Gasteiger partial charge on any atom is -0.282 e. The fourth-order valence-corrected chi connectivity index (χ4v) is 2.54. The standard InChI is InChI=1S/C12H8O3S/c13-16(14,15)8-5-6-11-9-3-1-2-4-10(9)12(11)7-8/h1-7H,(H,13,14,15). The molecular weight excluding hydrogens is 224 g/mol. The molecule has 0 aliphatic heterocycles. The van der Waals surface area contributed by atoms with Crippen LogP contribution < -0.4 is 0 Å². The monoisotopic (exact) mass is 232 g/mol. The predicted molar refractivity (Wildman–Crippen MR) is 58.0 cm³/mol. The lowest BCUT2D eigenvalue weighted by atomic mass is 10.0. The summed E-state index contributed by atoms with van der Waals surface area (Å²) >= 11 is 0. The van der Waals surface area contributed by atoms with E-state index >= 15 is 0 Å². The van der Waals surface area contributed by atoms with Gasteiger partial charge in [-0.05, 0) is 33.0 Å². The Morgan fingerprint density at radius 2 is 1.38 bits per heavy atom. The first-order valence-corrected chi connectivity index (χ1v) is 6.23. The second-order valence-electron chi connectivity index (χ2n) is 3.73. The van der Waals surface area contributed by atoms with Crippen molar-refractivity contribution < 1.29 is 13.0 Å². The molecular formula is C12H8O3S. The molecule has 0 amide bonds. The van der Waals surface area contributed by atoms with E-state index in [1.807, 2.05) is 24.3 Å². The summed E-state index contributed by atoms with van der Waals surface area (Å²) in [5, 5.41) is 4.07. The maximum absolute atomic E-state index is 11.0. The van der Waals surface area contributed by atoms with Crippen LogP contribution in [-0.4, -0.2) is 13.0 Å². The van der Waals surface area contributed by atoms with Crippen LogP contribution in [0.4, 0.5) is 0 Å². The van der Waals surface area contributed by atoms with Gasteiger partial charge >= 0.3 is 0 Å². The highest BCUT2D eigenvalue weighted by Gasteiger charge is 2.11. The van der Waals surface area contributed by atoms with E-state index in [9.17, 15) is 8.42 Å².